The van der Waals surface area contributed by atoms with Crippen molar-refractivity contribution in [1.29, 1.82) is 0 Å². The van der Waals surface area contributed by atoms with Crippen LogP contribution in [0.15, 0.2) is 30.3 Å². The van der Waals surface area contributed by atoms with Crippen molar-refractivity contribution in [2.45, 2.75) is 6.92 Å². The van der Waals surface area contributed by atoms with E-state index in [1.807, 2.05) is 6.07 Å². The maximum absolute atomic E-state index is 13.6. The molecule has 0 saturated heterocycles. The molecule has 0 aliphatic heterocycles. The predicted molar refractivity (Wildman–Crippen MR) is 71.3 cm³/mol. The average Bonchev–Trinajstić information content (AvgIpc) is 2.42. The third-order valence-corrected chi connectivity index (χ3v) is 2.98. The zero-order valence-electron chi connectivity index (χ0n) is 11.0. The Labute approximate surface area is 111 Å². The summed E-state index contributed by atoms with van der Waals surface area (Å²) in [7, 11) is 2.90. The van der Waals surface area contributed by atoms with Crippen LogP contribution in [0.4, 0.5) is 4.39 Å². The van der Waals surface area contributed by atoms with Crippen molar-refractivity contribution in [3.63, 3.8) is 0 Å². The quantitative estimate of drug-likeness (QED) is 0.919. The van der Waals surface area contributed by atoms with Crippen molar-refractivity contribution in [3.05, 3.63) is 41.7 Å². The molecule has 3 nitrogen and oxygen atoms in total. The van der Waals surface area contributed by atoms with Crippen LogP contribution in [0.25, 0.3) is 11.1 Å². The van der Waals surface area contributed by atoms with E-state index in [0.29, 0.717) is 16.7 Å². The molecular formula is C15H15FO3. The number of phenolic OH excluding ortho intramolecular Hbond substituents is 1. The van der Waals surface area contributed by atoms with Gasteiger partial charge in [-0.15, -0.1) is 0 Å². The van der Waals surface area contributed by atoms with Crippen LogP contribution in [0, 0.1) is 12.7 Å². The molecule has 1 N–H and O–H groups in total. The van der Waals surface area contributed by atoms with Gasteiger partial charge in [0.25, 0.3) is 0 Å². The van der Waals surface area contributed by atoms with Crippen LogP contribution in [-0.4, -0.2) is 19.3 Å². The largest absolute Gasteiger partial charge is 0.502 e. The molecule has 0 aromatic heterocycles. The van der Waals surface area contributed by atoms with Gasteiger partial charge in [-0.3, -0.25) is 0 Å². The third kappa shape index (κ3) is 2.47. The maximum atomic E-state index is 13.6. The van der Waals surface area contributed by atoms with Gasteiger partial charge in [-0.25, -0.2) is 4.39 Å². The number of benzene rings is 2. The number of ether oxygens (including phenoxy) is 2. The lowest BCUT2D eigenvalue weighted by Crippen LogP contribution is -1.91. The van der Waals surface area contributed by atoms with Gasteiger partial charge in [0, 0.05) is 0 Å². The molecule has 0 fully saturated rings. The van der Waals surface area contributed by atoms with Gasteiger partial charge >= 0.3 is 0 Å². The van der Waals surface area contributed by atoms with Gasteiger partial charge in [0.2, 0.25) is 5.75 Å². The molecule has 0 heterocycles. The van der Waals surface area contributed by atoms with Gasteiger partial charge in [0.1, 0.15) is 5.82 Å². The standard InChI is InChI=1S/C15H15FO3/c1-9-4-5-10(6-12(9)16)11-7-13(18-2)15(17)14(8-11)19-3/h4-8,17H,1-3H3. The number of hydrogen-bond donors (Lipinski definition) is 1. The molecule has 0 aliphatic carbocycles. The summed E-state index contributed by atoms with van der Waals surface area (Å²) >= 11 is 0. The third-order valence-electron chi connectivity index (χ3n) is 2.98. The highest BCUT2D eigenvalue weighted by molar-refractivity contribution is 5.71. The Kier molecular flexibility index (Phi) is 3.60. The Bertz CT molecular complexity index is 583. The van der Waals surface area contributed by atoms with E-state index in [1.165, 1.54) is 20.3 Å². The molecule has 0 radical (unpaired) electrons. The van der Waals surface area contributed by atoms with Gasteiger partial charge in [-0.1, -0.05) is 12.1 Å². The first-order chi connectivity index (χ1) is 9.06. The summed E-state index contributed by atoms with van der Waals surface area (Å²) in [6, 6.07) is 8.24. The Balaban J connectivity index is 2.58. The minimum atomic E-state index is -0.275. The Morgan fingerprint density at radius 1 is 0.947 bits per heavy atom. The van der Waals surface area contributed by atoms with Crippen LogP contribution >= 0.6 is 0 Å². The molecule has 4 heteroatoms. The summed E-state index contributed by atoms with van der Waals surface area (Å²) in [5.74, 6) is 0.232. The van der Waals surface area contributed by atoms with E-state index >= 15 is 0 Å². The number of phenols is 1. The number of aryl methyl sites for hydroxylation is 1. The number of methoxy groups -OCH3 is 2. The van der Waals surface area contributed by atoms with E-state index in [-0.39, 0.29) is 23.1 Å². The second-order valence-corrected chi connectivity index (χ2v) is 4.19. The van der Waals surface area contributed by atoms with Gasteiger partial charge in [0.15, 0.2) is 11.5 Å². The SMILES string of the molecule is COc1cc(-c2ccc(C)c(F)c2)cc(OC)c1O. The molecule has 0 unspecified atom stereocenters. The number of halogens is 1. The number of hydrogen-bond acceptors (Lipinski definition) is 3. The zero-order valence-corrected chi connectivity index (χ0v) is 11.0. The van der Waals surface area contributed by atoms with Crippen molar-refractivity contribution in [3.8, 4) is 28.4 Å². The second kappa shape index (κ2) is 5.18. The van der Waals surface area contributed by atoms with E-state index in [4.69, 9.17) is 9.47 Å². The smallest absolute Gasteiger partial charge is 0.200 e. The van der Waals surface area contributed by atoms with Crippen LogP contribution in [0.1, 0.15) is 5.56 Å². The van der Waals surface area contributed by atoms with E-state index in [2.05, 4.69) is 0 Å². The summed E-state index contributed by atoms with van der Waals surface area (Å²) in [5.41, 5.74) is 1.99. The molecular weight excluding hydrogens is 247 g/mol. The lowest BCUT2D eigenvalue weighted by atomic mass is 10.0. The first-order valence-corrected chi connectivity index (χ1v) is 5.78. The van der Waals surface area contributed by atoms with E-state index in [1.54, 1.807) is 25.1 Å². The minimum absolute atomic E-state index is 0.0682. The molecule has 0 atom stereocenters. The molecule has 100 valence electrons. The van der Waals surface area contributed by atoms with Crippen molar-refractivity contribution >= 4 is 0 Å². The van der Waals surface area contributed by atoms with E-state index in [9.17, 15) is 9.50 Å². The van der Waals surface area contributed by atoms with Crippen molar-refractivity contribution < 1.29 is 19.0 Å². The van der Waals surface area contributed by atoms with E-state index < -0.39 is 0 Å². The monoisotopic (exact) mass is 262 g/mol. The minimum Gasteiger partial charge on any atom is -0.502 e. The summed E-state index contributed by atoms with van der Waals surface area (Å²) in [5, 5.41) is 9.83. The molecule has 19 heavy (non-hydrogen) atoms. The Hall–Kier alpha value is -2.23. The molecule has 0 amide bonds. The summed E-state index contributed by atoms with van der Waals surface area (Å²) in [6.07, 6.45) is 0. The normalized spacial score (nSPS) is 10.3. The van der Waals surface area contributed by atoms with Crippen LogP contribution in [0.5, 0.6) is 17.2 Å². The molecule has 2 aromatic rings. The van der Waals surface area contributed by atoms with Gasteiger partial charge in [-0.2, -0.15) is 0 Å². The highest BCUT2D eigenvalue weighted by Gasteiger charge is 2.12. The van der Waals surface area contributed by atoms with E-state index in [0.717, 1.165) is 0 Å². The van der Waals surface area contributed by atoms with Crippen molar-refractivity contribution in [2.75, 3.05) is 14.2 Å². The highest BCUT2D eigenvalue weighted by Crippen LogP contribution is 2.40. The molecule has 0 spiro atoms. The molecule has 2 aromatic carbocycles. The fourth-order valence-electron chi connectivity index (χ4n) is 1.83. The lowest BCUT2D eigenvalue weighted by molar-refractivity contribution is 0.340. The summed E-state index contributed by atoms with van der Waals surface area (Å²) in [4.78, 5) is 0. The lowest BCUT2D eigenvalue weighted by Gasteiger charge is -2.11. The van der Waals surface area contributed by atoms with Crippen LogP contribution in [-0.2, 0) is 0 Å². The van der Waals surface area contributed by atoms with Gasteiger partial charge in [-0.05, 0) is 41.8 Å². The Morgan fingerprint density at radius 2 is 1.53 bits per heavy atom. The first-order valence-electron chi connectivity index (χ1n) is 5.78. The fourth-order valence-corrected chi connectivity index (χ4v) is 1.83. The second-order valence-electron chi connectivity index (χ2n) is 4.19. The fraction of sp³-hybridized carbons (Fsp3) is 0.200. The Morgan fingerprint density at radius 3 is 2.00 bits per heavy atom. The topological polar surface area (TPSA) is 38.7 Å². The molecule has 0 aliphatic rings. The predicted octanol–water partition coefficient (Wildman–Crippen LogP) is 3.52. The molecule has 0 saturated carbocycles. The van der Waals surface area contributed by atoms with Crippen LogP contribution < -0.4 is 9.47 Å². The number of rotatable bonds is 3. The zero-order chi connectivity index (χ0) is 14.0. The van der Waals surface area contributed by atoms with Crippen LogP contribution in [0.3, 0.4) is 0 Å². The summed E-state index contributed by atoms with van der Waals surface area (Å²) < 4.78 is 23.8. The number of aromatic hydroxyl groups is 1. The van der Waals surface area contributed by atoms with Crippen molar-refractivity contribution in [2.24, 2.45) is 0 Å². The molecule has 0 bridgehead atoms. The molecule has 2 rings (SSSR count). The highest BCUT2D eigenvalue weighted by atomic mass is 19.1. The summed E-state index contributed by atoms with van der Waals surface area (Å²) in [6.45, 7) is 1.71. The van der Waals surface area contributed by atoms with Gasteiger partial charge < -0.3 is 14.6 Å². The average molecular weight is 262 g/mol. The maximum Gasteiger partial charge on any atom is 0.200 e. The van der Waals surface area contributed by atoms with Crippen molar-refractivity contribution in [1.82, 2.24) is 0 Å². The van der Waals surface area contributed by atoms with Crippen LogP contribution in [0.2, 0.25) is 0 Å². The first kappa shape index (κ1) is 13.2. The van der Waals surface area contributed by atoms with Gasteiger partial charge in [0.05, 0.1) is 14.2 Å².